The quantitative estimate of drug-likeness (QED) is 0.578. The molecule has 6 heteroatoms. The van der Waals surface area contributed by atoms with Gasteiger partial charge in [0, 0.05) is 25.8 Å². The molecule has 1 amide bonds. The number of amides is 1. The van der Waals surface area contributed by atoms with Gasteiger partial charge in [-0.1, -0.05) is 42.0 Å². The molecule has 0 aromatic heterocycles. The van der Waals surface area contributed by atoms with E-state index in [0.717, 1.165) is 11.5 Å². The molecule has 0 fully saturated rings. The number of nitrogens with one attached hydrogen (secondary N) is 3. The number of aliphatic imine (C=N–C) groups is 1. The lowest BCUT2D eigenvalue weighted by molar-refractivity contribution is 0.187. The van der Waals surface area contributed by atoms with E-state index >= 15 is 0 Å². The maximum Gasteiger partial charge on any atom is 0.411 e. The van der Waals surface area contributed by atoms with Crippen molar-refractivity contribution in [1.29, 1.82) is 0 Å². The summed E-state index contributed by atoms with van der Waals surface area (Å²) in [6.07, 6.45) is -0.480. The van der Waals surface area contributed by atoms with Gasteiger partial charge in [0.05, 0.1) is 7.11 Å². The Morgan fingerprint density at radius 3 is 1.96 bits per heavy atom. The number of aryl methyl sites for hydroxylation is 1. The first kappa shape index (κ1) is 18.3. The van der Waals surface area contributed by atoms with E-state index in [1.165, 1.54) is 18.2 Å². The molecule has 0 aliphatic carbocycles. The topological polar surface area (TPSA) is 74.8 Å². The lowest BCUT2D eigenvalue weighted by Gasteiger charge is -2.12. The van der Waals surface area contributed by atoms with E-state index in [-0.39, 0.29) is 0 Å². The van der Waals surface area contributed by atoms with Crippen molar-refractivity contribution in [3.05, 3.63) is 65.2 Å². The third-order valence-corrected chi connectivity index (χ3v) is 3.65. The molecule has 132 valence electrons. The highest BCUT2D eigenvalue weighted by molar-refractivity contribution is 5.84. The Balaban J connectivity index is 1.81. The summed E-state index contributed by atoms with van der Waals surface area (Å²) in [6.45, 7) is 3.41. The van der Waals surface area contributed by atoms with Crippen molar-refractivity contribution < 1.29 is 9.53 Å². The molecule has 0 bridgehead atoms. The summed E-state index contributed by atoms with van der Waals surface area (Å²) >= 11 is 0. The number of rotatable bonds is 5. The van der Waals surface area contributed by atoms with Crippen LogP contribution in [-0.2, 0) is 17.8 Å². The summed E-state index contributed by atoms with van der Waals surface area (Å²) in [5.74, 6) is 0.734. The summed E-state index contributed by atoms with van der Waals surface area (Å²) in [7, 11) is 3.08. The number of carbonyl (C=O) groups is 1. The average molecular weight is 340 g/mol. The van der Waals surface area contributed by atoms with Crippen LogP contribution in [0.3, 0.4) is 0 Å². The number of methoxy groups -OCH3 is 1. The lowest BCUT2D eigenvalue weighted by Crippen LogP contribution is -2.36. The number of hydrogen-bond donors (Lipinski definition) is 3. The molecule has 25 heavy (non-hydrogen) atoms. The monoisotopic (exact) mass is 340 g/mol. The second-order valence-electron chi connectivity index (χ2n) is 5.58. The molecule has 0 radical (unpaired) electrons. The van der Waals surface area contributed by atoms with Gasteiger partial charge in [-0.25, -0.2) is 4.79 Å². The predicted molar refractivity (Wildman–Crippen MR) is 101 cm³/mol. The van der Waals surface area contributed by atoms with Crippen molar-refractivity contribution in [3.8, 4) is 0 Å². The van der Waals surface area contributed by atoms with Crippen LogP contribution in [0.15, 0.2) is 53.5 Å². The highest BCUT2D eigenvalue weighted by atomic mass is 16.5. The molecule has 0 aliphatic rings. The Labute approximate surface area is 148 Å². The van der Waals surface area contributed by atoms with Crippen LogP contribution in [0.25, 0.3) is 0 Å². The molecule has 0 aliphatic heterocycles. The summed E-state index contributed by atoms with van der Waals surface area (Å²) in [5.41, 5.74) is 4.22. The maximum atomic E-state index is 11.2. The molecule has 0 spiro atoms. The Morgan fingerprint density at radius 1 is 0.960 bits per heavy atom. The van der Waals surface area contributed by atoms with Crippen LogP contribution >= 0.6 is 0 Å². The van der Waals surface area contributed by atoms with Crippen LogP contribution in [0.5, 0.6) is 0 Å². The number of ether oxygens (including phenoxy) is 1. The third kappa shape index (κ3) is 6.18. The van der Waals surface area contributed by atoms with Gasteiger partial charge in [-0.2, -0.15) is 0 Å². The van der Waals surface area contributed by atoms with Gasteiger partial charge in [0.1, 0.15) is 0 Å². The molecule has 2 aromatic rings. The number of anilines is 1. The molecule has 0 atom stereocenters. The minimum Gasteiger partial charge on any atom is -0.453 e. The van der Waals surface area contributed by atoms with E-state index in [9.17, 15) is 4.79 Å². The van der Waals surface area contributed by atoms with Crippen LogP contribution < -0.4 is 16.0 Å². The van der Waals surface area contributed by atoms with Gasteiger partial charge >= 0.3 is 6.09 Å². The second kappa shape index (κ2) is 9.32. The third-order valence-electron chi connectivity index (χ3n) is 3.65. The van der Waals surface area contributed by atoms with Crippen molar-refractivity contribution in [1.82, 2.24) is 10.6 Å². The SMILES string of the molecule is CN=C(NCc1ccc(C)cc1)NCc1ccc(NC(=O)OC)cc1. The molecule has 0 unspecified atom stereocenters. The van der Waals surface area contributed by atoms with E-state index in [4.69, 9.17) is 0 Å². The first-order valence-electron chi connectivity index (χ1n) is 8.04. The molecule has 0 saturated heterocycles. The van der Waals surface area contributed by atoms with Gasteiger partial charge < -0.3 is 15.4 Å². The Kier molecular flexibility index (Phi) is 6.83. The van der Waals surface area contributed by atoms with Gasteiger partial charge in [-0.15, -0.1) is 0 Å². The lowest BCUT2D eigenvalue weighted by atomic mass is 10.1. The molecule has 6 nitrogen and oxygen atoms in total. The van der Waals surface area contributed by atoms with Crippen molar-refractivity contribution in [3.63, 3.8) is 0 Å². The number of hydrogen-bond acceptors (Lipinski definition) is 3. The zero-order valence-corrected chi connectivity index (χ0v) is 14.8. The number of guanidine groups is 1. The summed E-state index contributed by atoms with van der Waals surface area (Å²) in [5, 5.41) is 9.17. The summed E-state index contributed by atoms with van der Waals surface area (Å²) < 4.78 is 4.56. The number of nitrogens with zero attached hydrogens (tertiary/aromatic N) is 1. The van der Waals surface area contributed by atoms with E-state index in [1.54, 1.807) is 7.05 Å². The molecule has 0 saturated carbocycles. The van der Waals surface area contributed by atoms with Crippen molar-refractivity contribution in [2.24, 2.45) is 4.99 Å². The van der Waals surface area contributed by atoms with Gasteiger partial charge in [-0.3, -0.25) is 10.3 Å². The van der Waals surface area contributed by atoms with E-state index in [0.29, 0.717) is 18.8 Å². The summed E-state index contributed by atoms with van der Waals surface area (Å²) in [4.78, 5) is 15.4. The largest absolute Gasteiger partial charge is 0.453 e. The van der Waals surface area contributed by atoms with Crippen molar-refractivity contribution in [2.75, 3.05) is 19.5 Å². The van der Waals surface area contributed by atoms with Gasteiger partial charge in [-0.05, 0) is 30.2 Å². The zero-order chi connectivity index (χ0) is 18.1. The van der Waals surface area contributed by atoms with Gasteiger partial charge in [0.15, 0.2) is 5.96 Å². The maximum absolute atomic E-state index is 11.2. The fourth-order valence-corrected chi connectivity index (χ4v) is 2.17. The highest BCUT2D eigenvalue weighted by Gasteiger charge is 2.02. The first-order chi connectivity index (χ1) is 12.1. The van der Waals surface area contributed by atoms with Crippen LogP contribution in [0, 0.1) is 6.92 Å². The Morgan fingerprint density at radius 2 is 1.48 bits per heavy atom. The van der Waals surface area contributed by atoms with Crippen LogP contribution in [0.2, 0.25) is 0 Å². The van der Waals surface area contributed by atoms with E-state index in [2.05, 4.69) is 56.9 Å². The zero-order valence-electron chi connectivity index (χ0n) is 14.8. The molecule has 0 heterocycles. The highest BCUT2D eigenvalue weighted by Crippen LogP contribution is 2.09. The molecule has 2 rings (SSSR count). The summed E-state index contributed by atoms with van der Waals surface area (Å²) in [6, 6.07) is 15.9. The van der Waals surface area contributed by atoms with E-state index in [1.807, 2.05) is 24.3 Å². The molecule has 3 N–H and O–H groups in total. The van der Waals surface area contributed by atoms with Crippen LogP contribution in [-0.4, -0.2) is 26.2 Å². The van der Waals surface area contributed by atoms with Crippen molar-refractivity contribution >= 4 is 17.7 Å². The Bertz CT molecular complexity index is 709. The Hall–Kier alpha value is -3.02. The van der Waals surface area contributed by atoms with Crippen LogP contribution in [0.1, 0.15) is 16.7 Å². The normalized spacial score (nSPS) is 10.9. The molecular formula is C19H24N4O2. The van der Waals surface area contributed by atoms with Gasteiger partial charge in [0.2, 0.25) is 0 Å². The first-order valence-corrected chi connectivity index (χ1v) is 8.04. The average Bonchev–Trinajstić information content (AvgIpc) is 2.64. The predicted octanol–water partition coefficient (Wildman–Crippen LogP) is 3.04. The molecular weight excluding hydrogens is 316 g/mol. The fraction of sp³-hybridized carbons (Fsp3) is 0.263. The standard InChI is InChI=1S/C19H24N4O2/c1-14-4-6-15(7-5-14)12-21-18(20-2)22-13-16-8-10-17(11-9-16)23-19(24)25-3/h4-11H,12-13H2,1-3H3,(H,23,24)(H2,20,21,22). The van der Waals surface area contributed by atoms with Crippen molar-refractivity contribution in [2.45, 2.75) is 20.0 Å². The minimum atomic E-state index is -0.480. The fourth-order valence-electron chi connectivity index (χ4n) is 2.17. The second-order valence-corrected chi connectivity index (χ2v) is 5.58. The van der Waals surface area contributed by atoms with Crippen LogP contribution in [0.4, 0.5) is 10.5 Å². The number of benzene rings is 2. The number of carbonyl (C=O) groups excluding carboxylic acids is 1. The van der Waals surface area contributed by atoms with Gasteiger partial charge in [0.25, 0.3) is 0 Å². The molecule has 2 aromatic carbocycles. The van der Waals surface area contributed by atoms with E-state index < -0.39 is 6.09 Å². The minimum absolute atomic E-state index is 0.480. The smallest absolute Gasteiger partial charge is 0.411 e.